The zero-order chi connectivity index (χ0) is 30.7. The van der Waals surface area contributed by atoms with Crippen LogP contribution in [0.1, 0.15) is 83.5 Å². The molecule has 6 rings (SSSR count). The van der Waals surface area contributed by atoms with Gasteiger partial charge in [0.2, 0.25) is 11.8 Å². The minimum Gasteiger partial charge on any atom is -0.351 e. The van der Waals surface area contributed by atoms with E-state index in [1.807, 2.05) is 0 Å². The molecule has 0 radical (unpaired) electrons. The van der Waals surface area contributed by atoms with Gasteiger partial charge in [0.25, 0.3) is 0 Å². The number of amides is 2. The van der Waals surface area contributed by atoms with Crippen LogP contribution in [0.5, 0.6) is 0 Å². The van der Waals surface area contributed by atoms with Crippen molar-refractivity contribution in [3.05, 3.63) is 0 Å². The van der Waals surface area contributed by atoms with Crippen LogP contribution < -0.4 is 32.7 Å². The Labute approximate surface area is 263 Å². The molecule has 0 aromatic rings. The second-order valence-electron chi connectivity index (χ2n) is 15.1. The van der Waals surface area contributed by atoms with Gasteiger partial charge in [0, 0.05) is 44.3 Å². The van der Waals surface area contributed by atoms with Crippen LogP contribution in [0, 0.1) is 23.2 Å². The molecule has 6 aliphatic rings. The van der Waals surface area contributed by atoms with Crippen LogP contribution >= 0.6 is 0 Å². The lowest BCUT2D eigenvalue weighted by atomic mass is 9.69. The summed E-state index contributed by atoms with van der Waals surface area (Å²) in [6.45, 7) is 6.87. The van der Waals surface area contributed by atoms with Crippen LogP contribution in [0.15, 0.2) is 0 Å². The number of nitrogens with one attached hydrogen (secondary N) is 4. The Morgan fingerprint density at radius 3 is 2.27 bits per heavy atom. The first-order chi connectivity index (χ1) is 21.3. The molecule has 8 N–H and O–H groups in total. The number of rotatable bonds is 7. The largest absolute Gasteiger partial charge is 0.351 e. The first kappa shape index (κ1) is 32.6. The fraction of sp³-hybridized carbons (Fsp3) is 0.939. The first-order valence-electron chi connectivity index (χ1n) is 18.0. The summed E-state index contributed by atoms with van der Waals surface area (Å²) in [5.74, 6) is 0.260. The third-order valence-corrected chi connectivity index (χ3v) is 12.5. The molecular formula is C33H59FN8O2. The first-order valence-corrected chi connectivity index (χ1v) is 18.0. The van der Waals surface area contributed by atoms with Crippen LogP contribution in [0.4, 0.5) is 4.39 Å². The van der Waals surface area contributed by atoms with Crippen molar-refractivity contribution in [2.75, 3.05) is 52.4 Å². The molecule has 6 fully saturated rings. The quantitative estimate of drug-likeness (QED) is 0.233. The number of hydrogen-bond acceptors (Lipinski definition) is 8. The van der Waals surface area contributed by atoms with Gasteiger partial charge in [-0.2, -0.15) is 0 Å². The Morgan fingerprint density at radius 1 is 0.841 bits per heavy atom. The second kappa shape index (κ2) is 14.6. The molecule has 250 valence electrons. The van der Waals surface area contributed by atoms with Crippen molar-refractivity contribution in [3.8, 4) is 0 Å². The molecule has 10 nitrogen and oxygen atoms in total. The van der Waals surface area contributed by atoms with Gasteiger partial charge in [0.1, 0.15) is 6.17 Å². The monoisotopic (exact) mass is 618 g/mol. The Morgan fingerprint density at radius 2 is 1.59 bits per heavy atom. The third kappa shape index (κ3) is 7.13. The Bertz CT molecular complexity index is 957. The normalized spacial score (nSPS) is 36.4. The molecular weight excluding hydrogens is 559 g/mol. The highest BCUT2D eigenvalue weighted by atomic mass is 19.1. The second-order valence-corrected chi connectivity index (χ2v) is 15.1. The van der Waals surface area contributed by atoms with Gasteiger partial charge < -0.3 is 42.5 Å². The molecule has 7 unspecified atom stereocenters. The average molecular weight is 619 g/mol. The van der Waals surface area contributed by atoms with Crippen molar-refractivity contribution < 1.29 is 14.0 Å². The molecule has 11 heteroatoms. The van der Waals surface area contributed by atoms with Gasteiger partial charge in [0.15, 0.2) is 0 Å². The highest BCUT2D eigenvalue weighted by Crippen LogP contribution is 2.48. The van der Waals surface area contributed by atoms with E-state index in [2.05, 4.69) is 31.1 Å². The van der Waals surface area contributed by atoms with E-state index in [1.165, 1.54) is 25.9 Å². The van der Waals surface area contributed by atoms with E-state index < -0.39 is 18.3 Å². The lowest BCUT2D eigenvalue weighted by Gasteiger charge is -2.45. The molecule has 0 aromatic heterocycles. The number of piperidine rings is 3. The van der Waals surface area contributed by atoms with Crippen LogP contribution in [0.3, 0.4) is 0 Å². The molecule has 1 saturated carbocycles. The maximum Gasteiger partial charge on any atom is 0.239 e. The van der Waals surface area contributed by atoms with E-state index >= 15 is 0 Å². The standard InChI is InChI=1S/C33H59FN8O2/c34-23-7-13-33(11-1-2-12-33)29(39-20-23)28(30(35)36)31(43)40-27-21-37-14-8-25(27)22-5-6-26(38-19-22)32(44)42-17-9-24(10-18-42)41-15-3-4-16-41/h22-30,37-39H,1-21,35-36H2,(H,40,43). The number of halogens is 1. The summed E-state index contributed by atoms with van der Waals surface area (Å²) in [4.78, 5) is 32.2. The zero-order valence-electron chi connectivity index (χ0n) is 26.8. The van der Waals surface area contributed by atoms with E-state index in [1.54, 1.807) is 0 Å². The Hall–Kier alpha value is -1.37. The minimum absolute atomic E-state index is 0.0274. The summed E-state index contributed by atoms with van der Waals surface area (Å²) in [6, 6.07) is 0.297. The summed E-state index contributed by atoms with van der Waals surface area (Å²) in [6.07, 6.45) is 11.4. The molecule has 1 spiro atoms. The van der Waals surface area contributed by atoms with Gasteiger partial charge in [-0.15, -0.1) is 0 Å². The fourth-order valence-electron chi connectivity index (χ4n) is 9.98. The van der Waals surface area contributed by atoms with Gasteiger partial charge in [-0.05, 0) is 114 Å². The Kier molecular flexibility index (Phi) is 10.8. The number of carbonyl (C=O) groups is 2. The lowest BCUT2D eigenvalue weighted by Crippen LogP contribution is -2.64. The molecule has 7 atom stereocenters. The van der Waals surface area contributed by atoms with Crippen LogP contribution in [0.25, 0.3) is 0 Å². The van der Waals surface area contributed by atoms with Crippen molar-refractivity contribution in [2.45, 2.75) is 120 Å². The highest BCUT2D eigenvalue weighted by Gasteiger charge is 2.50. The topological polar surface area (TPSA) is 141 Å². The number of nitrogens with two attached hydrogens (primary N) is 2. The SMILES string of the molecule is NC(N)C(C(=O)NC1CNCCC1C1CCC(C(=O)N2CCC(N3CCCC3)CC2)NC1)C1NCC(F)CCC12CCCC2. The predicted octanol–water partition coefficient (Wildman–Crippen LogP) is 1.05. The van der Waals surface area contributed by atoms with Crippen molar-refractivity contribution in [1.82, 2.24) is 31.1 Å². The summed E-state index contributed by atoms with van der Waals surface area (Å²) in [5, 5.41) is 13.9. The Balaban J connectivity index is 1.04. The molecule has 1 aliphatic carbocycles. The van der Waals surface area contributed by atoms with Gasteiger partial charge >= 0.3 is 0 Å². The van der Waals surface area contributed by atoms with E-state index in [4.69, 9.17) is 11.5 Å². The highest BCUT2D eigenvalue weighted by molar-refractivity contribution is 5.82. The molecule has 5 heterocycles. The van der Waals surface area contributed by atoms with Crippen molar-refractivity contribution in [3.63, 3.8) is 0 Å². The summed E-state index contributed by atoms with van der Waals surface area (Å²) >= 11 is 0. The number of carbonyl (C=O) groups excluding carboxylic acids is 2. The van der Waals surface area contributed by atoms with E-state index in [0.717, 1.165) is 90.4 Å². The van der Waals surface area contributed by atoms with Crippen molar-refractivity contribution in [2.24, 2.45) is 34.6 Å². The summed E-state index contributed by atoms with van der Waals surface area (Å²) in [7, 11) is 0. The van der Waals surface area contributed by atoms with Crippen LogP contribution in [-0.4, -0.2) is 110 Å². The average Bonchev–Trinajstić information content (AvgIpc) is 3.73. The predicted molar refractivity (Wildman–Crippen MR) is 170 cm³/mol. The number of alkyl halides is 1. The fourth-order valence-corrected chi connectivity index (χ4v) is 9.98. The molecule has 44 heavy (non-hydrogen) atoms. The summed E-state index contributed by atoms with van der Waals surface area (Å²) < 4.78 is 14.5. The maximum atomic E-state index is 14.5. The minimum atomic E-state index is -0.904. The van der Waals surface area contributed by atoms with E-state index in [9.17, 15) is 14.0 Å². The lowest BCUT2D eigenvalue weighted by molar-refractivity contribution is -0.136. The van der Waals surface area contributed by atoms with Gasteiger partial charge in [-0.3, -0.25) is 9.59 Å². The van der Waals surface area contributed by atoms with Crippen LogP contribution in [0.2, 0.25) is 0 Å². The van der Waals surface area contributed by atoms with Crippen molar-refractivity contribution >= 4 is 11.8 Å². The zero-order valence-corrected chi connectivity index (χ0v) is 26.8. The van der Waals surface area contributed by atoms with E-state index in [-0.39, 0.29) is 41.9 Å². The van der Waals surface area contributed by atoms with Crippen LogP contribution in [-0.2, 0) is 9.59 Å². The number of nitrogens with zero attached hydrogens (tertiary/aromatic N) is 2. The van der Waals surface area contributed by atoms with Gasteiger partial charge in [-0.25, -0.2) is 4.39 Å². The summed E-state index contributed by atoms with van der Waals surface area (Å²) in [5.41, 5.74) is 12.6. The van der Waals surface area contributed by atoms with E-state index in [0.29, 0.717) is 30.8 Å². The molecule has 0 aromatic carbocycles. The third-order valence-electron chi connectivity index (χ3n) is 12.5. The number of hydrogen-bond donors (Lipinski definition) is 6. The molecule has 0 bridgehead atoms. The maximum absolute atomic E-state index is 14.5. The van der Waals surface area contributed by atoms with Crippen molar-refractivity contribution in [1.29, 1.82) is 0 Å². The molecule has 5 aliphatic heterocycles. The van der Waals surface area contributed by atoms with Gasteiger partial charge in [-0.1, -0.05) is 12.8 Å². The number of likely N-dealkylation sites (tertiary alicyclic amines) is 2. The van der Waals surface area contributed by atoms with Gasteiger partial charge in [0.05, 0.1) is 18.1 Å². The smallest absolute Gasteiger partial charge is 0.239 e. The molecule has 5 saturated heterocycles. The molecule has 2 amide bonds.